The molecule has 2 amide bonds. The molecule has 0 spiro atoms. The third kappa shape index (κ3) is 5.81. The maximum absolute atomic E-state index is 14.4. The van der Waals surface area contributed by atoms with Gasteiger partial charge in [0.2, 0.25) is 11.8 Å². The summed E-state index contributed by atoms with van der Waals surface area (Å²) in [5.74, 6) is -2.92. The lowest BCUT2D eigenvalue weighted by Gasteiger charge is -2.32. The summed E-state index contributed by atoms with van der Waals surface area (Å²) in [6, 6.07) is 7.03. The standard InChI is InChI=1S/C30H34F2N8O3/c1-17-5-4-10-43-28-21(14-34-39(28)3)23-12-20(11-18(2)35-23)27(42)38-29-36-22-7-6-19(13-24(22)40(29)15-17)26(41)37-25-8-9-33-16-30(25,31)32/h6-7,11-14,17,25,33H,4-5,8-10,15-16H2,1-3H3,(H,37,41)(H,36,38,42)/t17-,25-/m1/s1. The normalized spacial score (nSPS) is 20.6. The zero-order valence-electron chi connectivity index (χ0n) is 24.3. The molecule has 2 atom stereocenters. The number of imidazole rings is 1. The Morgan fingerprint density at radius 2 is 2.02 bits per heavy atom. The van der Waals surface area contributed by atoms with Crippen LogP contribution in [0.15, 0.2) is 36.5 Å². The van der Waals surface area contributed by atoms with Crippen molar-refractivity contribution < 1.29 is 23.1 Å². The summed E-state index contributed by atoms with van der Waals surface area (Å²) < 4.78 is 38.4. The lowest BCUT2D eigenvalue weighted by Crippen LogP contribution is -2.57. The average molecular weight is 593 g/mol. The van der Waals surface area contributed by atoms with Crippen molar-refractivity contribution in [2.45, 2.75) is 51.6 Å². The first-order valence-corrected chi connectivity index (χ1v) is 14.4. The molecule has 226 valence electrons. The second kappa shape index (κ2) is 11.4. The fourth-order valence-corrected chi connectivity index (χ4v) is 5.69. The third-order valence-corrected chi connectivity index (χ3v) is 7.97. The van der Waals surface area contributed by atoms with Gasteiger partial charge in [-0.3, -0.25) is 19.9 Å². The number of carbonyl (C=O) groups is 2. The summed E-state index contributed by atoms with van der Waals surface area (Å²) in [7, 11) is 1.80. The lowest BCUT2D eigenvalue weighted by molar-refractivity contribution is -0.0487. The summed E-state index contributed by atoms with van der Waals surface area (Å²) in [5, 5.41) is 12.5. The van der Waals surface area contributed by atoms with Crippen LogP contribution in [-0.2, 0) is 13.6 Å². The van der Waals surface area contributed by atoms with Crippen LogP contribution in [0.3, 0.4) is 0 Å². The number of carbonyl (C=O) groups excluding carboxylic acids is 2. The number of hydrogen-bond donors (Lipinski definition) is 3. The smallest absolute Gasteiger partial charge is 0.280 e. The molecule has 1 fully saturated rings. The lowest BCUT2D eigenvalue weighted by atomic mass is 10.0. The first kappa shape index (κ1) is 28.7. The molecule has 4 aromatic rings. The van der Waals surface area contributed by atoms with E-state index in [-0.39, 0.29) is 23.8 Å². The monoisotopic (exact) mass is 592 g/mol. The molecule has 43 heavy (non-hydrogen) atoms. The first-order valence-electron chi connectivity index (χ1n) is 14.4. The predicted octanol–water partition coefficient (Wildman–Crippen LogP) is 3.93. The van der Waals surface area contributed by atoms with Crippen LogP contribution in [-0.4, -0.2) is 67.8 Å². The molecule has 2 aliphatic heterocycles. The highest BCUT2D eigenvalue weighted by Gasteiger charge is 2.42. The Hall–Kier alpha value is -4.39. The zero-order valence-corrected chi connectivity index (χ0v) is 24.3. The molecular formula is C30H34F2N8O3. The highest BCUT2D eigenvalue weighted by molar-refractivity contribution is 6.05. The van der Waals surface area contributed by atoms with E-state index in [9.17, 15) is 18.4 Å². The Bertz CT molecular complexity index is 1700. The van der Waals surface area contributed by atoms with Gasteiger partial charge in [0.05, 0.1) is 47.7 Å². The fourth-order valence-electron chi connectivity index (χ4n) is 5.69. The molecule has 3 N–H and O–H groups in total. The minimum Gasteiger partial charge on any atom is -0.477 e. The highest BCUT2D eigenvalue weighted by atomic mass is 19.3. The number of nitrogens with zero attached hydrogens (tertiary/aromatic N) is 5. The van der Waals surface area contributed by atoms with E-state index in [2.05, 4.69) is 37.9 Å². The van der Waals surface area contributed by atoms with Crippen molar-refractivity contribution in [3.63, 3.8) is 0 Å². The number of aromatic nitrogens is 5. The highest BCUT2D eigenvalue weighted by Crippen LogP contribution is 2.31. The van der Waals surface area contributed by atoms with Crippen LogP contribution in [0.25, 0.3) is 22.3 Å². The van der Waals surface area contributed by atoms with Crippen molar-refractivity contribution in [3.8, 4) is 17.1 Å². The van der Waals surface area contributed by atoms with Crippen molar-refractivity contribution >= 4 is 28.8 Å². The average Bonchev–Trinajstić information content (AvgIpc) is 3.50. The Kier molecular flexibility index (Phi) is 7.59. The van der Waals surface area contributed by atoms with Gasteiger partial charge in [-0.1, -0.05) is 6.92 Å². The van der Waals surface area contributed by atoms with Crippen LogP contribution < -0.4 is 20.7 Å². The Morgan fingerprint density at radius 3 is 2.84 bits per heavy atom. The number of amides is 2. The van der Waals surface area contributed by atoms with Crippen molar-refractivity contribution in [1.29, 1.82) is 0 Å². The molecule has 6 rings (SSSR count). The summed E-state index contributed by atoms with van der Waals surface area (Å²) >= 11 is 0. The fraction of sp³-hybridized carbons (Fsp3) is 0.433. The number of hydrogen-bond acceptors (Lipinski definition) is 7. The van der Waals surface area contributed by atoms with Gasteiger partial charge in [0.15, 0.2) is 0 Å². The van der Waals surface area contributed by atoms with Crippen molar-refractivity contribution in [3.05, 3.63) is 53.3 Å². The van der Waals surface area contributed by atoms with Crippen LogP contribution in [0, 0.1) is 12.8 Å². The number of piperidine rings is 1. The quantitative estimate of drug-likeness (QED) is 0.322. The number of nitrogens with one attached hydrogen (secondary N) is 3. The predicted molar refractivity (Wildman–Crippen MR) is 156 cm³/mol. The second-order valence-corrected chi connectivity index (χ2v) is 11.4. The summed E-state index contributed by atoms with van der Waals surface area (Å²) in [6.07, 6.45) is 3.40. The Labute approximate surface area is 247 Å². The molecule has 0 radical (unpaired) electrons. The van der Waals surface area contributed by atoms with Crippen LogP contribution in [0.5, 0.6) is 5.88 Å². The molecule has 11 nitrogen and oxygen atoms in total. The number of fused-ring (bicyclic) bond motifs is 7. The Morgan fingerprint density at radius 1 is 1.19 bits per heavy atom. The van der Waals surface area contributed by atoms with Crippen LogP contribution >= 0.6 is 0 Å². The minimum absolute atomic E-state index is 0.133. The van der Waals surface area contributed by atoms with E-state index >= 15 is 0 Å². The molecule has 0 aliphatic carbocycles. The molecule has 0 unspecified atom stereocenters. The second-order valence-electron chi connectivity index (χ2n) is 11.4. The number of aryl methyl sites for hydroxylation is 2. The van der Waals surface area contributed by atoms with Crippen LogP contribution in [0.2, 0.25) is 0 Å². The van der Waals surface area contributed by atoms with Crippen molar-refractivity contribution in [2.75, 3.05) is 25.0 Å². The number of halogens is 2. The van der Waals surface area contributed by atoms with Crippen molar-refractivity contribution in [2.24, 2.45) is 13.0 Å². The van der Waals surface area contributed by atoms with Gasteiger partial charge < -0.3 is 19.9 Å². The largest absolute Gasteiger partial charge is 0.477 e. The molecule has 1 saturated heterocycles. The molecule has 2 aliphatic rings. The molecule has 5 heterocycles. The number of alkyl halides is 2. The first-order chi connectivity index (χ1) is 20.6. The van der Waals surface area contributed by atoms with Crippen LogP contribution in [0.4, 0.5) is 14.7 Å². The van der Waals surface area contributed by atoms with E-state index in [1.165, 1.54) is 0 Å². The maximum Gasteiger partial charge on any atom is 0.280 e. The molecule has 13 heteroatoms. The number of anilines is 1. The van der Waals surface area contributed by atoms with Crippen molar-refractivity contribution in [1.82, 2.24) is 34.9 Å². The molecule has 1 aromatic carbocycles. The zero-order chi connectivity index (χ0) is 30.3. The maximum atomic E-state index is 14.4. The minimum atomic E-state index is -3.04. The van der Waals surface area contributed by atoms with Gasteiger partial charge in [0.1, 0.15) is 0 Å². The molecule has 3 aromatic heterocycles. The van der Waals surface area contributed by atoms with Gasteiger partial charge in [0.25, 0.3) is 17.7 Å². The number of benzene rings is 1. The molecule has 2 bridgehead atoms. The van der Waals surface area contributed by atoms with Gasteiger partial charge >= 0.3 is 0 Å². The topological polar surface area (TPSA) is 128 Å². The Balaban J connectivity index is 1.36. The SMILES string of the molecule is Cc1cc2cc(n1)-c1cnn(C)c1OCCC[C@@H](C)Cn1c(nc3ccc(C(=O)N[C@@H]4CCNCC4(F)F)cc31)NC2=O. The molecule has 0 saturated carbocycles. The summed E-state index contributed by atoms with van der Waals surface area (Å²) in [6.45, 7) is 4.81. The van der Waals surface area contributed by atoms with Crippen LogP contribution in [0.1, 0.15) is 52.6 Å². The van der Waals surface area contributed by atoms with Gasteiger partial charge in [-0.05, 0) is 69.0 Å². The van der Waals surface area contributed by atoms with E-state index in [1.807, 2.05) is 11.5 Å². The van der Waals surface area contributed by atoms with E-state index in [1.54, 1.807) is 48.3 Å². The van der Waals surface area contributed by atoms with Gasteiger partial charge in [-0.15, -0.1) is 0 Å². The summed E-state index contributed by atoms with van der Waals surface area (Å²) in [5.41, 5.74) is 3.75. The van der Waals surface area contributed by atoms with Gasteiger partial charge in [0, 0.05) is 30.4 Å². The molecular weight excluding hydrogens is 558 g/mol. The summed E-state index contributed by atoms with van der Waals surface area (Å²) in [4.78, 5) is 36.0. The van der Waals surface area contributed by atoms with Gasteiger partial charge in [-0.25, -0.2) is 18.4 Å². The van der Waals surface area contributed by atoms with Gasteiger partial charge in [-0.2, -0.15) is 5.10 Å². The third-order valence-electron chi connectivity index (χ3n) is 7.97. The van der Waals surface area contributed by atoms with E-state index in [0.717, 1.165) is 12.8 Å². The van der Waals surface area contributed by atoms with E-state index < -0.39 is 24.4 Å². The number of pyridine rings is 1. The van der Waals surface area contributed by atoms with E-state index in [0.29, 0.717) is 65.1 Å². The van der Waals surface area contributed by atoms with E-state index in [4.69, 9.17) is 4.74 Å². The number of ether oxygens (including phenoxy) is 1. The number of rotatable bonds is 2.